The van der Waals surface area contributed by atoms with E-state index in [0.29, 0.717) is 29.9 Å². The van der Waals surface area contributed by atoms with E-state index in [9.17, 15) is 9.65 Å². The number of aliphatic imine (C=N–C) groups is 1. The van der Waals surface area contributed by atoms with Crippen molar-refractivity contribution in [1.82, 2.24) is 20.4 Å². The number of halogens is 1. The highest BCUT2D eigenvalue weighted by Gasteiger charge is 2.16. The van der Waals surface area contributed by atoms with Gasteiger partial charge in [-0.25, -0.2) is 9.07 Å². The molecule has 0 saturated carbocycles. The number of nitrogens with two attached hydrogens (primary N) is 1. The fourth-order valence-corrected chi connectivity index (χ4v) is 2.82. The summed E-state index contributed by atoms with van der Waals surface area (Å²) >= 11 is 1.77. The monoisotopic (exact) mass is 389 g/mol. The number of nitrogens with zero attached hydrogens (tertiary/aromatic N) is 4. The molecule has 7 nitrogen and oxygen atoms in total. The van der Waals surface area contributed by atoms with Crippen molar-refractivity contribution in [3.05, 3.63) is 41.3 Å². The lowest BCUT2D eigenvalue weighted by molar-refractivity contribution is 0.627. The number of thioether (sulfide) groups is 1. The van der Waals surface area contributed by atoms with E-state index in [4.69, 9.17) is 5.73 Å². The van der Waals surface area contributed by atoms with Gasteiger partial charge < -0.3 is 16.4 Å². The highest BCUT2D eigenvalue weighted by molar-refractivity contribution is 7.98. The molecule has 0 unspecified atom stereocenters. The van der Waals surface area contributed by atoms with Gasteiger partial charge in [-0.1, -0.05) is 0 Å². The molecule has 27 heavy (non-hydrogen) atoms. The first-order valence-corrected chi connectivity index (χ1v) is 9.97. The maximum Gasteiger partial charge on any atom is 0.191 e. The zero-order valence-electron chi connectivity index (χ0n) is 15.5. The third-order valence-electron chi connectivity index (χ3n) is 3.88. The van der Waals surface area contributed by atoms with Gasteiger partial charge in [0.2, 0.25) is 0 Å². The molecule has 0 spiro atoms. The normalized spacial score (nSPS) is 11.3. The number of anilines is 1. The van der Waals surface area contributed by atoms with Crippen LogP contribution in [0, 0.1) is 17.1 Å². The van der Waals surface area contributed by atoms with Crippen LogP contribution in [0.2, 0.25) is 0 Å². The summed E-state index contributed by atoms with van der Waals surface area (Å²) in [7, 11) is 1.73. The molecule has 0 fully saturated rings. The second kappa shape index (κ2) is 10.4. The van der Waals surface area contributed by atoms with Gasteiger partial charge in [0.15, 0.2) is 5.96 Å². The van der Waals surface area contributed by atoms with Gasteiger partial charge in [0, 0.05) is 25.9 Å². The smallest absolute Gasteiger partial charge is 0.191 e. The third kappa shape index (κ3) is 5.62. The van der Waals surface area contributed by atoms with Crippen LogP contribution in [-0.2, 0) is 6.42 Å². The number of hydrogen-bond acceptors (Lipinski definition) is 5. The lowest BCUT2D eigenvalue weighted by Crippen LogP contribution is -2.38. The Kier molecular flexibility index (Phi) is 7.95. The van der Waals surface area contributed by atoms with Crippen LogP contribution in [0.25, 0.3) is 5.69 Å². The molecule has 2 aromatic rings. The van der Waals surface area contributed by atoms with Gasteiger partial charge in [-0.15, -0.1) is 0 Å². The third-order valence-corrected chi connectivity index (χ3v) is 4.49. The quantitative estimate of drug-likeness (QED) is 0.362. The number of guanidine groups is 1. The molecule has 0 aliphatic heterocycles. The van der Waals surface area contributed by atoms with Gasteiger partial charge in [0.1, 0.15) is 23.3 Å². The maximum absolute atomic E-state index is 13.1. The minimum atomic E-state index is -0.337. The number of nitriles is 1. The Morgan fingerprint density at radius 1 is 1.33 bits per heavy atom. The minimum Gasteiger partial charge on any atom is -0.382 e. The van der Waals surface area contributed by atoms with Crippen molar-refractivity contribution in [1.29, 1.82) is 5.26 Å². The Labute approximate surface area is 162 Å². The Morgan fingerprint density at radius 2 is 2.04 bits per heavy atom. The van der Waals surface area contributed by atoms with E-state index in [1.807, 2.05) is 0 Å². The van der Waals surface area contributed by atoms with Crippen LogP contribution < -0.4 is 16.4 Å². The molecule has 0 atom stereocenters. The summed E-state index contributed by atoms with van der Waals surface area (Å²) in [6, 6.07) is 7.95. The van der Waals surface area contributed by atoms with Gasteiger partial charge in [-0.2, -0.15) is 22.1 Å². The first-order valence-electron chi connectivity index (χ1n) is 8.57. The highest BCUT2D eigenvalue weighted by Crippen LogP contribution is 2.21. The summed E-state index contributed by atoms with van der Waals surface area (Å²) < 4.78 is 14.6. The number of nitrogens with one attached hydrogen (secondary N) is 2. The van der Waals surface area contributed by atoms with Gasteiger partial charge in [0.25, 0.3) is 0 Å². The molecule has 0 saturated heterocycles. The second-order valence-electron chi connectivity index (χ2n) is 5.73. The van der Waals surface area contributed by atoms with E-state index in [2.05, 4.69) is 33.0 Å². The summed E-state index contributed by atoms with van der Waals surface area (Å²) in [4.78, 5) is 4.17. The van der Waals surface area contributed by atoms with E-state index in [1.54, 1.807) is 30.9 Å². The molecule has 0 amide bonds. The average Bonchev–Trinajstić information content (AvgIpc) is 2.99. The Morgan fingerprint density at radius 3 is 2.67 bits per heavy atom. The molecule has 0 aliphatic rings. The Balaban J connectivity index is 1.97. The molecule has 9 heteroatoms. The van der Waals surface area contributed by atoms with Crippen molar-refractivity contribution in [3.63, 3.8) is 0 Å². The van der Waals surface area contributed by atoms with Gasteiger partial charge >= 0.3 is 0 Å². The van der Waals surface area contributed by atoms with Crippen LogP contribution in [0.5, 0.6) is 0 Å². The SMILES string of the molecule is CN=C(NCCCc1nn(-c2ccc(F)cc2)c(N)c1C#N)NCCSC. The standard InChI is InChI=1S/C18H24FN7S/c1-22-18(24-10-11-27-2)23-9-3-4-16-15(12-20)17(21)26(25-16)14-7-5-13(19)6-8-14/h5-8H,3-4,9-11,21H2,1-2H3,(H2,22,23,24). The predicted octanol–water partition coefficient (Wildman–Crippen LogP) is 1.93. The Hall–Kier alpha value is -2.73. The fraction of sp³-hybridized carbons (Fsp3) is 0.389. The van der Waals surface area contributed by atoms with Gasteiger partial charge in [-0.05, 0) is 43.4 Å². The number of aromatic nitrogens is 2. The van der Waals surface area contributed by atoms with Crippen LogP contribution in [0.1, 0.15) is 17.7 Å². The number of benzene rings is 1. The van der Waals surface area contributed by atoms with Crippen molar-refractivity contribution in [2.24, 2.45) is 4.99 Å². The van der Waals surface area contributed by atoms with Gasteiger partial charge in [-0.3, -0.25) is 4.99 Å². The molecule has 144 valence electrons. The van der Waals surface area contributed by atoms with Crippen LogP contribution in [0.15, 0.2) is 29.3 Å². The van der Waals surface area contributed by atoms with Crippen LogP contribution in [0.4, 0.5) is 10.2 Å². The summed E-state index contributed by atoms with van der Waals surface area (Å²) in [5, 5.41) is 20.3. The van der Waals surface area contributed by atoms with Crippen LogP contribution in [0.3, 0.4) is 0 Å². The molecule has 2 rings (SSSR count). The lowest BCUT2D eigenvalue weighted by atomic mass is 10.1. The van der Waals surface area contributed by atoms with E-state index in [-0.39, 0.29) is 11.6 Å². The zero-order chi connectivity index (χ0) is 19.6. The summed E-state index contributed by atoms with van der Waals surface area (Å²) in [5.74, 6) is 1.69. The topological polar surface area (TPSA) is 104 Å². The number of aryl methyl sites for hydroxylation is 1. The van der Waals surface area contributed by atoms with Crippen molar-refractivity contribution < 1.29 is 4.39 Å². The molecule has 0 radical (unpaired) electrons. The van der Waals surface area contributed by atoms with Crippen molar-refractivity contribution >= 4 is 23.5 Å². The van der Waals surface area contributed by atoms with E-state index in [0.717, 1.165) is 24.7 Å². The van der Waals surface area contributed by atoms with Crippen LogP contribution >= 0.6 is 11.8 Å². The fourth-order valence-electron chi connectivity index (χ4n) is 2.51. The summed E-state index contributed by atoms with van der Waals surface area (Å²) in [6.07, 6.45) is 3.41. The van der Waals surface area contributed by atoms with Crippen LogP contribution in [-0.4, -0.2) is 47.9 Å². The van der Waals surface area contributed by atoms with Gasteiger partial charge in [0.05, 0.1) is 11.4 Å². The molecule has 1 aromatic carbocycles. The molecular weight excluding hydrogens is 365 g/mol. The summed E-state index contributed by atoms with van der Waals surface area (Å²) in [6.45, 7) is 1.53. The molecule has 1 heterocycles. The molecular formula is C18H24FN7S. The van der Waals surface area contributed by atoms with Crippen molar-refractivity contribution in [2.75, 3.05) is 37.9 Å². The maximum atomic E-state index is 13.1. The van der Waals surface area contributed by atoms with E-state index < -0.39 is 0 Å². The number of nitrogen functional groups attached to an aromatic ring is 1. The molecule has 4 N–H and O–H groups in total. The lowest BCUT2D eigenvalue weighted by Gasteiger charge is -2.10. The predicted molar refractivity (Wildman–Crippen MR) is 109 cm³/mol. The van der Waals surface area contributed by atoms with Crippen molar-refractivity contribution in [3.8, 4) is 11.8 Å². The molecule has 1 aromatic heterocycles. The minimum absolute atomic E-state index is 0.265. The first kappa shape index (κ1) is 20.6. The second-order valence-corrected chi connectivity index (χ2v) is 6.71. The Bertz CT molecular complexity index is 808. The zero-order valence-corrected chi connectivity index (χ0v) is 16.3. The number of hydrogen-bond donors (Lipinski definition) is 3. The average molecular weight is 390 g/mol. The highest BCUT2D eigenvalue weighted by atomic mass is 32.2. The van der Waals surface area contributed by atoms with E-state index >= 15 is 0 Å². The first-order chi connectivity index (χ1) is 13.1. The largest absolute Gasteiger partial charge is 0.382 e. The molecule has 0 bridgehead atoms. The molecule has 0 aliphatic carbocycles. The van der Waals surface area contributed by atoms with E-state index in [1.165, 1.54) is 16.8 Å². The van der Waals surface area contributed by atoms with Crippen molar-refractivity contribution in [2.45, 2.75) is 12.8 Å². The number of rotatable bonds is 8. The summed E-state index contributed by atoms with van der Waals surface area (Å²) in [5.41, 5.74) is 7.68.